The molecule has 0 N–H and O–H groups in total. The maximum Gasteiger partial charge on any atom is 0.377 e. The van der Waals surface area contributed by atoms with Gasteiger partial charge in [-0.05, 0) is 6.92 Å². The molecule has 0 amide bonds. The number of hydrogen-bond donors (Lipinski definition) is 0. The molecule has 4 heteroatoms. The van der Waals surface area contributed by atoms with E-state index in [0.29, 0.717) is 6.61 Å². The third-order valence-corrected chi connectivity index (χ3v) is 1.76. The van der Waals surface area contributed by atoms with Crippen molar-refractivity contribution in [2.24, 2.45) is 0 Å². The fourth-order valence-electron chi connectivity index (χ4n) is 0.927. The topological polar surface area (TPSA) is 52.3 Å². The number of hydrogen-bond acceptors (Lipinski definition) is 4. The van der Waals surface area contributed by atoms with Crippen LogP contribution in [0.5, 0.6) is 0 Å². The van der Waals surface area contributed by atoms with Crippen LogP contribution >= 0.6 is 0 Å². The highest BCUT2D eigenvalue weighted by Crippen LogP contribution is 2.21. The molecule has 0 fully saturated rings. The van der Waals surface area contributed by atoms with Gasteiger partial charge in [-0.3, -0.25) is 0 Å². The molecule has 1 aromatic rings. The zero-order valence-electron chi connectivity index (χ0n) is 8.96. The van der Waals surface area contributed by atoms with Gasteiger partial charge in [0.15, 0.2) is 0 Å². The lowest BCUT2D eigenvalue weighted by Gasteiger charge is -2.12. The maximum atomic E-state index is 11.2. The predicted octanol–water partition coefficient (Wildman–Crippen LogP) is 2.15. The van der Waals surface area contributed by atoms with Crippen LogP contribution in [0.15, 0.2) is 10.6 Å². The Morgan fingerprint density at radius 1 is 1.57 bits per heavy atom. The van der Waals surface area contributed by atoms with E-state index in [1.165, 1.54) is 0 Å². The summed E-state index contributed by atoms with van der Waals surface area (Å²) in [7, 11) is 0. The zero-order chi connectivity index (χ0) is 10.8. The highest BCUT2D eigenvalue weighted by Gasteiger charge is 2.22. The zero-order valence-corrected chi connectivity index (χ0v) is 8.96. The van der Waals surface area contributed by atoms with Crippen LogP contribution in [0.1, 0.15) is 43.9 Å². The van der Waals surface area contributed by atoms with E-state index in [1.807, 2.05) is 20.8 Å². The second-order valence-corrected chi connectivity index (χ2v) is 4.05. The lowest BCUT2D eigenvalue weighted by molar-refractivity contribution is 0.0479. The van der Waals surface area contributed by atoms with Gasteiger partial charge in [0.2, 0.25) is 5.76 Å². The SMILES string of the molecule is CCOC(=O)c1cc(C(C)(C)C)no1. The number of rotatable bonds is 2. The van der Waals surface area contributed by atoms with Crippen LogP contribution in [-0.2, 0) is 10.2 Å². The summed E-state index contributed by atoms with van der Waals surface area (Å²) in [6, 6.07) is 1.62. The van der Waals surface area contributed by atoms with E-state index in [4.69, 9.17) is 9.26 Å². The van der Waals surface area contributed by atoms with Crippen LogP contribution in [0.4, 0.5) is 0 Å². The molecular formula is C10H15NO3. The first-order valence-electron chi connectivity index (χ1n) is 4.59. The van der Waals surface area contributed by atoms with Crippen LogP contribution in [0.25, 0.3) is 0 Å². The Balaban J connectivity index is 2.83. The predicted molar refractivity (Wildman–Crippen MR) is 51.2 cm³/mol. The molecule has 0 aromatic carbocycles. The minimum Gasteiger partial charge on any atom is -0.460 e. The highest BCUT2D eigenvalue weighted by molar-refractivity contribution is 5.86. The summed E-state index contributed by atoms with van der Waals surface area (Å²) in [6.07, 6.45) is 0. The van der Waals surface area contributed by atoms with Gasteiger partial charge in [0, 0.05) is 11.5 Å². The normalized spacial score (nSPS) is 11.4. The number of carbonyl (C=O) groups excluding carboxylic acids is 1. The van der Waals surface area contributed by atoms with E-state index in [0.717, 1.165) is 5.69 Å². The molecule has 0 bridgehead atoms. The Bertz CT molecular complexity index is 322. The van der Waals surface area contributed by atoms with Gasteiger partial charge in [-0.15, -0.1) is 0 Å². The van der Waals surface area contributed by atoms with Crippen molar-refractivity contribution >= 4 is 5.97 Å². The largest absolute Gasteiger partial charge is 0.460 e. The smallest absolute Gasteiger partial charge is 0.377 e. The molecular weight excluding hydrogens is 182 g/mol. The molecule has 0 saturated heterocycles. The van der Waals surface area contributed by atoms with E-state index >= 15 is 0 Å². The Kier molecular flexibility index (Phi) is 2.93. The van der Waals surface area contributed by atoms with Crippen LogP contribution in [0.3, 0.4) is 0 Å². The van der Waals surface area contributed by atoms with Gasteiger partial charge in [-0.2, -0.15) is 0 Å². The summed E-state index contributed by atoms with van der Waals surface area (Å²) in [5.74, 6) is -0.299. The van der Waals surface area contributed by atoms with Crippen molar-refractivity contribution < 1.29 is 14.1 Å². The summed E-state index contributed by atoms with van der Waals surface area (Å²) < 4.78 is 9.66. The standard InChI is InChI=1S/C10H15NO3/c1-5-13-9(12)7-6-8(11-14-7)10(2,3)4/h6H,5H2,1-4H3. The lowest BCUT2D eigenvalue weighted by Crippen LogP contribution is -2.11. The van der Waals surface area contributed by atoms with Crippen molar-refractivity contribution in [3.8, 4) is 0 Å². The van der Waals surface area contributed by atoms with E-state index < -0.39 is 5.97 Å². The maximum absolute atomic E-state index is 11.2. The van der Waals surface area contributed by atoms with Crippen LogP contribution in [0, 0.1) is 0 Å². The van der Waals surface area contributed by atoms with Crippen molar-refractivity contribution in [3.63, 3.8) is 0 Å². The number of esters is 1. The first-order valence-corrected chi connectivity index (χ1v) is 4.59. The van der Waals surface area contributed by atoms with Gasteiger partial charge in [-0.1, -0.05) is 25.9 Å². The van der Waals surface area contributed by atoms with Crippen molar-refractivity contribution in [2.45, 2.75) is 33.1 Å². The molecule has 1 aromatic heterocycles. The summed E-state index contributed by atoms with van der Waals surface area (Å²) in [4.78, 5) is 11.2. The molecule has 0 unspecified atom stereocenters. The van der Waals surface area contributed by atoms with Crippen LogP contribution in [-0.4, -0.2) is 17.7 Å². The third-order valence-electron chi connectivity index (χ3n) is 1.76. The fraction of sp³-hybridized carbons (Fsp3) is 0.600. The molecule has 0 atom stereocenters. The molecule has 0 saturated carbocycles. The number of aromatic nitrogens is 1. The van der Waals surface area contributed by atoms with Crippen molar-refractivity contribution in [2.75, 3.05) is 6.61 Å². The number of carbonyl (C=O) groups is 1. The summed E-state index contributed by atoms with van der Waals surface area (Å²) in [5, 5.41) is 3.81. The lowest BCUT2D eigenvalue weighted by atomic mass is 9.92. The molecule has 0 aliphatic rings. The molecule has 4 nitrogen and oxygen atoms in total. The summed E-state index contributed by atoms with van der Waals surface area (Å²) >= 11 is 0. The Morgan fingerprint density at radius 3 is 2.64 bits per heavy atom. The fourth-order valence-corrected chi connectivity index (χ4v) is 0.927. The Hall–Kier alpha value is -1.32. The quantitative estimate of drug-likeness (QED) is 0.681. The van der Waals surface area contributed by atoms with Crippen molar-refractivity contribution in [1.29, 1.82) is 0 Å². The van der Waals surface area contributed by atoms with E-state index in [1.54, 1.807) is 13.0 Å². The molecule has 0 aliphatic heterocycles. The second kappa shape index (κ2) is 3.82. The average molecular weight is 197 g/mol. The van der Waals surface area contributed by atoms with Crippen molar-refractivity contribution in [1.82, 2.24) is 5.16 Å². The van der Waals surface area contributed by atoms with E-state index in [-0.39, 0.29) is 11.2 Å². The Morgan fingerprint density at radius 2 is 2.21 bits per heavy atom. The minimum absolute atomic E-state index is 0.117. The number of nitrogens with zero attached hydrogens (tertiary/aromatic N) is 1. The van der Waals surface area contributed by atoms with Gasteiger partial charge in [0.1, 0.15) is 0 Å². The molecule has 1 rings (SSSR count). The summed E-state index contributed by atoms with van der Waals surface area (Å²) in [6.45, 7) is 8.09. The van der Waals surface area contributed by atoms with Gasteiger partial charge >= 0.3 is 5.97 Å². The molecule has 78 valence electrons. The van der Waals surface area contributed by atoms with Gasteiger partial charge in [-0.25, -0.2) is 4.79 Å². The number of ether oxygens (including phenoxy) is 1. The molecule has 0 spiro atoms. The average Bonchev–Trinajstić information content (AvgIpc) is 2.51. The summed E-state index contributed by atoms with van der Waals surface area (Å²) in [5.41, 5.74) is 0.634. The second-order valence-electron chi connectivity index (χ2n) is 4.05. The first-order chi connectivity index (χ1) is 6.45. The van der Waals surface area contributed by atoms with E-state index in [9.17, 15) is 4.79 Å². The van der Waals surface area contributed by atoms with Gasteiger partial charge in [0.05, 0.1) is 12.3 Å². The monoisotopic (exact) mass is 197 g/mol. The minimum atomic E-state index is -0.462. The Labute approximate surface area is 83.2 Å². The molecule has 0 aliphatic carbocycles. The van der Waals surface area contributed by atoms with Crippen LogP contribution < -0.4 is 0 Å². The highest BCUT2D eigenvalue weighted by atomic mass is 16.6. The van der Waals surface area contributed by atoms with Gasteiger partial charge < -0.3 is 9.26 Å². The van der Waals surface area contributed by atoms with Gasteiger partial charge in [0.25, 0.3) is 0 Å². The molecule has 0 radical (unpaired) electrons. The van der Waals surface area contributed by atoms with Crippen molar-refractivity contribution in [3.05, 3.63) is 17.5 Å². The molecule has 14 heavy (non-hydrogen) atoms. The first kappa shape index (κ1) is 10.8. The molecule has 1 heterocycles. The third kappa shape index (κ3) is 2.34. The van der Waals surface area contributed by atoms with Crippen LogP contribution in [0.2, 0.25) is 0 Å². The van der Waals surface area contributed by atoms with E-state index in [2.05, 4.69) is 5.16 Å².